The van der Waals surface area contributed by atoms with Gasteiger partial charge in [-0.25, -0.2) is 4.98 Å². The average molecular weight is 414 g/mol. The van der Waals surface area contributed by atoms with E-state index in [9.17, 15) is 0 Å². The van der Waals surface area contributed by atoms with Crippen LogP contribution in [0.3, 0.4) is 0 Å². The molecule has 9 heteroatoms. The Morgan fingerprint density at radius 1 is 1.21 bits per heavy atom. The monoisotopic (exact) mass is 413 g/mol. The van der Waals surface area contributed by atoms with Crippen LogP contribution >= 0.6 is 11.3 Å². The number of thiophene rings is 1. The van der Waals surface area contributed by atoms with Crippen LogP contribution in [0, 0.1) is 0 Å². The molecule has 0 atom stereocenters. The van der Waals surface area contributed by atoms with Crippen molar-refractivity contribution in [2.75, 3.05) is 31.3 Å². The van der Waals surface area contributed by atoms with E-state index in [2.05, 4.69) is 39.8 Å². The molecule has 0 spiro atoms. The molecule has 0 aromatic carbocycles. The number of anilines is 3. The van der Waals surface area contributed by atoms with E-state index in [0.717, 1.165) is 42.2 Å². The Morgan fingerprint density at radius 2 is 2.07 bits per heavy atom. The summed E-state index contributed by atoms with van der Waals surface area (Å²) in [5.74, 6) is 1.55. The number of ether oxygens (including phenoxy) is 1. The van der Waals surface area contributed by atoms with Crippen molar-refractivity contribution in [3.63, 3.8) is 0 Å². The third kappa shape index (κ3) is 3.82. The highest BCUT2D eigenvalue weighted by atomic mass is 32.1. The zero-order valence-electron chi connectivity index (χ0n) is 16.9. The van der Waals surface area contributed by atoms with Crippen LogP contribution < -0.4 is 10.6 Å². The molecule has 1 fully saturated rings. The molecule has 0 bridgehead atoms. The summed E-state index contributed by atoms with van der Waals surface area (Å²) in [6.07, 6.45) is 9.22. The van der Waals surface area contributed by atoms with Crippen molar-refractivity contribution in [3.05, 3.63) is 22.8 Å². The first-order chi connectivity index (χ1) is 14.2. The zero-order chi connectivity index (χ0) is 19.8. The predicted octanol–water partition coefficient (Wildman–Crippen LogP) is 3.52. The summed E-state index contributed by atoms with van der Waals surface area (Å²) in [5, 5.41) is 15.0. The highest BCUT2D eigenvalue weighted by molar-refractivity contribution is 7.19. The number of aromatic amines is 1. The maximum absolute atomic E-state index is 5.67. The highest BCUT2D eigenvalue weighted by Crippen LogP contribution is 2.39. The maximum Gasteiger partial charge on any atom is 0.230 e. The van der Waals surface area contributed by atoms with Crippen molar-refractivity contribution in [1.29, 1.82) is 0 Å². The molecular weight excluding hydrogens is 386 g/mol. The van der Waals surface area contributed by atoms with Crippen molar-refractivity contribution < 1.29 is 4.74 Å². The smallest absolute Gasteiger partial charge is 0.230 e. The molecule has 3 aromatic rings. The average Bonchev–Trinajstić information content (AvgIpc) is 3.35. The van der Waals surface area contributed by atoms with Gasteiger partial charge in [0, 0.05) is 23.2 Å². The molecule has 1 aliphatic carbocycles. The number of fused-ring (bicyclic) bond motifs is 3. The number of nitrogens with zero attached hydrogens (tertiary/aromatic N) is 4. The van der Waals surface area contributed by atoms with E-state index in [1.54, 1.807) is 23.7 Å². The summed E-state index contributed by atoms with van der Waals surface area (Å²) in [4.78, 5) is 14.3. The van der Waals surface area contributed by atoms with E-state index in [1.807, 2.05) is 0 Å². The minimum Gasteiger partial charge on any atom is -0.376 e. The lowest BCUT2D eigenvalue weighted by Crippen LogP contribution is -2.36. The van der Waals surface area contributed by atoms with Gasteiger partial charge >= 0.3 is 0 Å². The van der Waals surface area contributed by atoms with E-state index < -0.39 is 0 Å². The van der Waals surface area contributed by atoms with Crippen molar-refractivity contribution in [3.8, 4) is 0 Å². The summed E-state index contributed by atoms with van der Waals surface area (Å²) < 4.78 is 5.67. The fraction of sp³-hybridized carbons (Fsp3) is 0.550. The summed E-state index contributed by atoms with van der Waals surface area (Å²) >= 11 is 1.72. The number of rotatable bonds is 5. The molecule has 29 heavy (non-hydrogen) atoms. The van der Waals surface area contributed by atoms with E-state index in [4.69, 9.17) is 14.7 Å². The molecule has 0 radical (unpaired) electrons. The van der Waals surface area contributed by atoms with Crippen LogP contribution in [-0.2, 0) is 17.8 Å². The lowest BCUT2D eigenvalue weighted by atomic mass is 9.90. The Labute approximate surface area is 174 Å². The molecule has 0 saturated heterocycles. The zero-order valence-corrected chi connectivity index (χ0v) is 17.7. The van der Waals surface area contributed by atoms with Crippen LogP contribution in [0.4, 0.5) is 17.5 Å². The molecule has 0 unspecified atom stereocenters. The Morgan fingerprint density at radius 3 is 2.83 bits per heavy atom. The Kier molecular flexibility index (Phi) is 5.11. The summed E-state index contributed by atoms with van der Waals surface area (Å²) in [6, 6.07) is 1.13. The SMILES string of the molecule is CN(C)[C@H]1CC[C@H](Nc2nc(Nc3cn[nH]c3)nc3sc4c(c23)CCOC4)CC1. The van der Waals surface area contributed by atoms with Gasteiger partial charge in [-0.2, -0.15) is 10.1 Å². The fourth-order valence-corrected chi connectivity index (χ4v) is 5.52. The molecule has 0 amide bonds. The van der Waals surface area contributed by atoms with Crippen LogP contribution in [0.15, 0.2) is 12.4 Å². The number of hydrogen-bond acceptors (Lipinski definition) is 8. The Bertz CT molecular complexity index is 977. The van der Waals surface area contributed by atoms with Gasteiger partial charge in [0.25, 0.3) is 0 Å². The second-order valence-corrected chi connectivity index (χ2v) is 9.19. The Balaban J connectivity index is 1.47. The standard InChI is InChI=1S/C20H27N7OS/c1-27(2)14-5-3-12(4-6-14)23-18-17-15-7-8-28-11-16(15)29-19(17)26-20(25-18)24-13-9-21-22-10-13/h9-10,12,14H,3-8,11H2,1-2H3,(H,21,22)(H2,23,24,25,26)/t12-,14-. The second-order valence-electron chi connectivity index (χ2n) is 8.11. The molecule has 8 nitrogen and oxygen atoms in total. The minimum atomic E-state index is 0.446. The van der Waals surface area contributed by atoms with Crippen LogP contribution in [0.1, 0.15) is 36.1 Å². The molecule has 1 aliphatic heterocycles. The lowest BCUT2D eigenvalue weighted by Gasteiger charge is -2.33. The normalized spacial score (nSPS) is 22.0. The number of H-pyrrole nitrogens is 1. The molecule has 3 aromatic heterocycles. The van der Waals surface area contributed by atoms with Crippen LogP contribution in [0.25, 0.3) is 10.2 Å². The Hall–Kier alpha value is -2.23. The predicted molar refractivity (Wildman–Crippen MR) is 116 cm³/mol. The van der Waals surface area contributed by atoms with Crippen LogP contribution in [-0.4, -0.2) is 57.9 Å². The van der Waals surface area contributed by atoms with E-state index in [0.29, 0.717) is 24.6 Å². The summed E-state index contributed by atoms with van der Waals surface area (Å²) in [6.45, 7) is 1.44. The number of nitrogens with one attached hydrogen (secondary N) is 3. The van der Waals surface area contributed by atoms with Gasteiger partial charge in [-0.05, 0) is 51.8 Å². The molecule has 3 N–H and O–H groups in total. The van der Waals surface area contributed by atoms with Gasteiger partial charge < -0.3 is 20.3 Å². The second kappa shape index (κ2) is 7.89. The third-order valence-electron chi connectivity index (χ3n) is 5.99. The van der Waals surface area contributed by atoms with Gasteiger partial charge in [-0.15, -0.1) is 11.3 Å². The van der Waals surface area contributed by atoms with Gasteiger partial charge in [0.1, 0.15) is 10.6 Å². The summed E-state index contributed by atoms with van der Waals surface area (Å²) in [7, 11) is 4.36. The van der Waals surface area contributed by atoms with Crippen molar-refractivity contribution >= 4 is 39.0 Å². The summed E-state index contributed by atoms with van der Waals surface area (Å²) in [5.41, 5.74) is 2.21. The number of aromatic nitrogens is 4. The first-order valence-electron chi connectivity index (χ1n) is 10.3. The minimum absolute atomic E-state index is 0.446. The van der Waals surface area contributed by atoms with Gasteiger partial charge in [-0.3, -0.25) is 5.10 Å². The van der Waals surface area contributed by atoms with Crippen LogP contribution in [0.5, 0.6) is 0 Å². The van der Waals surface area contributed by atoms with Crippen molar-refractivity contribution in [2.45, 2.75) is 50.8 Å². The van der Waals surface area contributed by atoms with E-state index in [-0.39, 0.29) is 0 Å². The largest absolute Gasteiger partial charge is 0.376 e. The number of hydrogen-bond donors (Lipinski definition) is 3. The topological polar surface area (TPSA) is 91.0 Å². The molecular formula is C20H27N7OS. The fourth-order valence-electron chi connectivity index (χ4n) is 4.36. The van der Waals surface area contributed by atoms with Crippen LogP contribution in [0.2, 0.25) is 0 Å². The van der Waals surface area contributed by atoms with Gasteiger partial charge in [-0.1, -0.05) is 0 Å². The van der Waals surface area contributed by atoms with Gasteiger partial charge in [0.15, 0.2) is 0 Å². The first kappa shape index (κ1) is 18.8. The van der Waals surface area contributed by atoms with Gasteiger partial charge in [0.05, 0.1) is 30.5 Å². The van der Waals surface area contributed by atoms with Gasteiger partial charge in [0.2, 0.25) is 5.95 Å². The quantitative estimate of drug-likeness (QED) is 0.589. The lowest BCUT2D eigenvalue weighted by molar-refractivity contribution is 0.114. The first-order valence-corrected chi connectivity index (χ1v) is 11.1. The molecule has 1 saturated carbocycles. The maximum atomic E-state index is 5.67. The van der Waals surface area contributed by atoms with E-state index in [1.165, 1.54) is 28.7 Å². The van der Waals surface area contributed by atoms with E-state index >= 15 is 0 Å². The molecule has 2 aliphatic rings. The highest BCUT2D eigenvalue weighted by Gasteiger charge is 2.26. The van der Waals surface area contributed by atoms with Crippen molar-refractivity contribution in [1.82, 2.24) is 25.1 Å². The molecule has 4 heterocycles. The molecule has 5 rings (SSSR count). The molecule has 154 valence electrons. The van der Waals surface area contributed by atoms with Crippen molar-refractivity contribution in [2.24, 2.45) is 0 Å². The third-order valence-corrected chi connectivity index (χ3v) is 7.09.